The van der Waals surface area contributed by atoms with E-state index in [2.05, 4.69) is 45.1 Å². The van der Waals surface area contributed by atoms with Crippen molar-refractivity contribution in [2.24, 2.45) is 0 Å². The number of carbonyl (C=O) groups excluding carboxylic acids is 3. The van der Waals surface area contributed by atoms with Crippen molar-refractivity contribution in [2.45, 2.75) is 354 Å². The van der Waals surface area contributed by atoms with Gasteiger partial charge in [-0.05, 0) is 44.9 Å². The summed E-state index contributed by atoms with van der Waals surface area (Å²) >= 11 is 0. The summed E-state index contributed by atoms with van der Waals surface area (Å²) in [6.45, 7) is 6.68. The molecule has 0 saturated carbocycles. The number of carbonyl (C=O) groups is 3. The smallest absolute Gasteiger partial charge is 0.306 e. The fourth-order valence-corrected chi connectivity index (χ4v) is 9.50. The van der Waals surface area contributed by atoms with E-state index in [-0.39, 0.29) is 31.1 Å². The molecular weight excluding hydrogens is 865 g/mol. The minimum absolute atomic E-state index is 0.0659. The quantitative estimate of drug-likeness (QED) is 0.0261. The van der Waals surface area contributed by atoms with E-state index >= 15 is 0 Å². The number of allylic oxidation sites excluding steroid dienone is 4. The fourth-order valence-electron chi connectivity index (χ4n) is 9.50. The lowest BCUT2D eigenvalue weighted by molar-refractivity contribution is -0.167. The van der Waals surface area contributed by atoms with Crippen molar-refractivity contribution < 1.29 is 28.6 Å². The molecule has 70 heavy (non-hydrogen) atoms. The van der Waals surface area contributed by atoms with Gasteiger partial charge in [-0.3, -0.25) is 14.4 Å². The van der Waals surface area contributed by atoms with Gasteiger partial charge in [-0.15, -0.1) is 0 Å². The number of ether oxygens (including phenoxy) is 3. The Morgan fingerprint density at radius 1 is 0.286 bits per heavy atom. The van der Waals surface area contributed by atoms with Gasteiger partial charge in [-0.1, -0.05) is 308 Å². The lowest BCUT2D eigenvalue weighted by Gasteiger charge is -2.18. The number of rotatable bonds is 58. The van der Waals surface area contributed by atoms with Gasteiger partial charge in [0.15, 0.2) is 6.10 Å². The maximum atomic E-state index is 12.9. The molecule has 6 nitrogen and oxygen atoms in total. The lowest BCUT2D eigenvalue weighted by atomic mass is 10.0. The second kappa shape index (κ2) is 59.5. The summed E-state index contributed by atoms with van der Waals surface area (Å²) in [5.74, 6) is -0.842. The van der Waals surface area contributed by atoms with Crippen LogP contribution >= 0.6 is 0 Å². The molecule has 412 valence electrons. The van der Waals surface area contributed by atoms with Gasteiger partial charge in [0.2, 0.25) is 0 Å². The highest BCUT2D eigenvalue weighted by Gasteiger charge is 2.19. The molecule has 0 heterocycles. The predicted molar refractivity (Wildman–Crippen MR) is 303 cm³/mol. The van der Waals surface area contributed by atoms with Crippen molar-refractivity contribution in [2.75, 3.05) is 13.2 Å². The van der Waals surface area contributed by atoms with Gasteiger partial charge in [-0.2, -0.15) is 0 Å². The van der Waals surface area contributed by atoms with Gasteiger partial charge < -0.3 is 14.2 Å². The maximum absolute atomic E-state index is 12.9. The Morgan fingerprint density at radius 3 is 0.786 bits per heavy atom. The summed E-state index contributed by atoms with van der Waals surface area (Å²) in [7, 11) is 0. The lowest BCUT2D eigenvalue weighted by Crippen LogP contribution is -2.30. The molecule has 0 amide bonds. The average Bonchev–Trinajstić information content (AvgIpc) is 3.36. The largest absolute Gasteiger partial charge is 0.462 e. The first kappa shape index (κ1) is 67.9. The van der Waals surface area contributed by atoms with Gasteiger partial charge in [0.25, 0.3) is 0 Å². The molecule has 0 aromatic heterocycles. The van der Waals surface area contributed by atoms with Crippen molar-refractivity contribution in [3.05, 3.63) is 24.3 Å². The minimum Gasteiger partial charge on any atom is -0.462 e. The van der Waals surface area contributed by atoms with E-state index in [1.54, 1.807) is 0 Å². The zero-order chi connectivity index (χ0) is 50.7. The average molecular weight is 986 g/mol. The Balaban J connectivity index is 4.31. The van der Waals surface area contributed by atoms with Gasteiger partial charge in [-0.25, -0.2) is 0 Å². The van der Waals surface area contributed by atoms with Gasteiger partial charge in [0, 0.05) is 19.3 Å². The van der Waals surface area contributed by atoms with Crippen LogP contribution in [-0.2, 0) is 28.6 Å². The van der Waals surface area contributed by atoms with E-state index in [0.717, 1.165) is 57.8 Å². The Bertz CT molecular complexity index is 1130. The SMILES string of the molecule is CCCCC/C=C\C=C/CCCCCCCCCCCCC(=O)OCC(COC(=O)CCCCCCCCCCCCCCCCC)OC(=O)CCCCCCCCCCCCCCCCCCCC. The zero-order valence-corrected chi connectivity index (χ0v) is 47.3. The summed E-state index contributed by atoms with van der Waals surface area (Å²) < 4.78 is 16.9. The first-order chi connectivity index (χ1) is 34.5. The van der Waals surface area contributed by atoms with E-state index in [1.165, 1.54) is 250 Å². The van der Waals surface area contributed by atoms with Crippen LogP contribution in [0.5, 0.6) is 0 Å². The topological polar surface area (TPSA) is 78.9 Å². The third-order valence-electron chi connectivity index (χ3n) is 14.2. The van der Waals surface area contributed by atoms with Gasteiger partial charge in [0.05, 0.1) is 0 Å². The summed E-state index contributed by atoms with van der Waals surface area (Å²) in [6.07, 6.45) is 70.3. The van der Waals surface area contributed by atoms with Crippen LogP contribution in [0.1, 0.15) is 348 Å². The maximum Gasteiger partial charge on any atom is 0.306 e. The summed E-state index contributed by atoms with van der Waals surface area (Å²) in [5.41, 5.74) is 0. The summed E-state index contributed by atoms with van der Waals surface area (Å²) in [6, 6.07) is 0. The van der Waals surface area contributed by atoms with Crippen molar-refractivity contribution in [1.29, 1.82) is 0 Å². The number of unbranched alkanes of at least 4 members (excludes halogenated alkanes) is 44. The van der Waals surface area contributed by atoms with Crippen molar-refractivity contribution in [1.82, 2.24) is 0 Å². The fraction of sp³-hybridized carbons (Fsp3) is 0.891. The molecule has 6 heteroatoms. The molecular formula is C64H120O6. The van der Waals surface area contributed by atoms with Crippen molar-refractivity contribution in [3.8, 4) is 0 Å². The van der Waals surface area contributed by atoms with E-state index in [9.17, 15) is 14.4 Å². The second-order valence-corrected chi connectivity index (χ2v) is 21.4. The van der Waals surface area contributed by atoms with E-state index in [4.69, 9.17) is 14.2 Å². The number of hydrogen-bond acceptors (Lipinski definition) is 6. The molecule has 0 fully saturated rings. The van der Waals surface area contributed by atoms with Crippen LogP contribution in [0.4, 0.5) is 0 Å². The third-order valence-corrected chi connectivity index (χ3v) is 14.2. The van der Waals surface area contributed by atoms with Crippen LogP contribution in [0.3, 0.4) is 0 Å². The zero-order valence-electron chi connectivity index (χ0n) is 47.3. The highest BCUT2D eigenvalue weighted by molar-refractivity contribution is 5.71. The molecule has 0 aliphatic heterocycles. The third kappa shape index (κ3) is 56.8. The Kier molecular flexibility index (Phi) is 57.7. The predicted octanol–water partition coefficient (Wildman–Crippen LogP) is 21.1. The number of hydrogen-bond donors (Lipinski definition) is 0. The monoisotopic (exact) mass is 985 g/mol. The van der Waals surface area contributed by atoms with Crippen LogP contribution in [0.25, 0.3) is 0 Å². The van der Waals surface area contributed by atoms with E-state index < -0.39 is 6.10 Å². The molecule has 0 rings (SSSR count). The highest BCUT2D eigenvalue weighted by Crippen LogP contribution is 2.18. The van der Waals surface area contributed by atoms with Crippen LogP contribution in [0, 0.1) is 0 Å². The molecule has 1 unspecified atom stereocenters. The normalized spacial score (nSPS) is 12.1. The second-order valence-electron chi connectivity index (χ2n) is 21.4. The van der Waals surface area contributed by atoms with Crippen LogP contribution < -0.4 is 0 Å². The molecule has 0 aliphatic carbocycles. The Morgan fingerprint density at radius 2 is 0.500 bits per heavy atom. The molecule has 0 bridgehead atoms. The molecule has 0 aromatic rings. The highest BCUT2D eigenvalue weighted by atomic mass is 16.6. The molecule has 0 aliphatic rings. The van der Waals surface area contributed by atoms with Crippen LogP contribution in [0.15, 0.2) is 24.3 Å². The van der Waals surface area contributed by atoms with E-state index in [0.29, 0.717) is 19.3 Å². The Labute approximate surface area is 436 Å². The van der Waals surface area contributed by atoms with E-state index in [1.807, 2.05) is 0 Å². The van der Waals surface area contributed by atoms with Gasteiger partial charge >= 0.3 is 17.9 Å². The van der Waals surface area contributed by atoms with Crippen molar-refractivity contribution in [3.63, 3.8) is 0 Å². The Hall–Kier alpha value is -2.11. The molecule has 1 atom stereocenters. The van der Waals surface area contributed by atoms with Crippen molar-refractivity contribution >= 4 is 17.9 Å². The minimum atomic E-state index is -0.768. The standard InChI is InChI=1S/C64H120O6/c1-4-7-10-13-16-19-22-25-28-30-32-34-36-39-42-45-48-51-54-57-63(66)69-60-61(59-68-62(65)56-53-50-47-44-41-38-35-27-24-21-18-15-12-9-6-3)70-64(67)58-55-52-49-46-43-40-37-33-31-29-26-23-20-17-14-11-8-5-2/h16,19,22,25,61H,4-15,17-18,20-21,23-24,26-60H2,1-3H3/b19-16-,25-22-. The molecule has 0 saturated heterocycles. The molecule has 0 N–H and O–H groups in total. The molecule has 0 spiro atoms. The first-order valence-electron chi connectivity index (χ1n) is 31.4. The van der Waals surface area contributed by atoms with Gasteiger partial charge in [0.1, 0.15) is 13.2 Å². The summed E-state index contributed by atoms with van der Waals surface area (Å²) in [5, 5.41) is 0. The van der Waals surface area contributed by atoms with Crippen LogP contribution in [0.2, 0.25) is 0 Å². The molecule has 0 radical (unpaired) electrons. The van der Waals surface area contributed by atoms with Crippen LogP contribution in [-0.4, -0.2) is 37.2 Å². The molecule has 0 aromatic carbocycles. The first-order valence-corrected chi connectivity index (χ1v) is 31.4. The summed E-state index contributed by atoms with van der Waals surface area (Å²) in [4.78, 5) is 38.3. The number of esters is 3.